The quantitative estimate of drug-likeness (QED) is 0.365. The number of hydrogen-bond donors (Lipinski definition) is 3. The summed E-state index contributed by atoms with van der Waals surface area (Å²) in [6, 6.07) is 13.1. The maximum Gasteiger partial charge on any atom is 0.329 e. The van der Waals surface area contributed by atoms with Gasteiger partial charge in [0, 0.05) is 16.8 Å². The molecule has 0 unspecified atom stereocenters. The molecule has 0 aromatic heterocycles. The van der Waals surface area contributed by atoms with Gasteiger partial charge in [-0.15, -0.1) is 0 Å². The summed E-state index contributed by atoms with van der Waals surface area (Å²) in [5, 5.41) is 9.42. The van der Waals surface area contributed by atoms with E-state index in [4.69, 9.17) is 16.3 Å². The van der Waals surface area contributed by atoms with E-state index in [-0.39, 0.29) is 18.6 Å². The Labute approximate surface area is 173 Å². The monoisotopic (exact) mass is 416 g/mol. The average Bonchev–Trinajstić information content (AvgIpc) is 2.68. The number of ether oxygens (including phenoxy) is 1. The minimum absolute atomic E-state index is 0.0492. The lowest BCUT2D eigenvalue weighted by molar-refractivity contribution is -0.136. The highest BCUT2D eigenvalue weighted by molar-refractivity contribution is 6.39. The Bertz CT molecular complexity index is 880. The third-order valence-corrected chi connectivity index (χ3v) is 3.64. The minimum Gasteiger partial charge on any atom is -0.484 e. The number of hydrazone groups is 1. The summed E-state index contributed by atoms with van der Waals surface area (Å²) in [7, 11) is 0. The van der Waals surface area contributed by atoms with Crippen LogP contribution in [0.2, 0.25) is 5.02 Å². The van der Waals surface area contributed by atoms with E-state index >= 15 is 0 Å². The third-order valence-electron chi connectivity index (χ3n) is 3.39. The van der Waals surface area contributed by atoms with Gasteiger partial charge in [-0.1, -0.05) is 11.6 Å². The topological polar surface area (TPSA) is 109 Å². The summed E-state index contributed by atoms with van der Waals surface area (Å²) in [6.07, 6.45) is 1.38. The molecule has 0 aliphatic carbocycles. The molecular weight excluding hydrogens is 396 g/mol. The number of nitrogens with zero attached hydrogens (tertiary/aromatic N) is 1. The second kappa shape index (κ2) is 10.8. The van der Waals surface area contributed by atoms with Crippen LogP contribution in [0.5, 0.6) is 5.75 Å². The first kappa shape index (κ1) is 21.9. The smallest absolute Gasteiger partial charge is 0.329 e. The molecule has 3 N–H and O–H groups in total. The van der Waals surface area contributed by atoms with Crippen LogP contribution in [0.3, 0.4) is 0 Å². The van der Waals surface area contributed by atoms with E-state index in [1.54, 1.807) is 48.5 Å². The molecule has 2 aromatic rings. The van der Waals surface area contributed by atoms with E-state index in [1.807, 2.05) is 13.8 Å². The van der Waals surface area contributed by atoms with Crippen LogP contribution in [0.25, 0.3) is 0 Å². The first-order valence-electron chi connectivity index (χ1n) is 8.75. The fraction of sp³-hybridized carbons (Fsp3) is 0.200. The van der Waals surface area contributed by atoms with Gasteiger partial charge in [0.2, 0.25) is 0 Å². The number of anilines is 1. The van der Waals surface area contributed by atoms with Gasteiger partial charge < -0.3 is 15.4 Å². The van der Waals surface area contributed by atoms with Crippen LogP contribution in [-0.4, -0.2) is 36.6 Å². The molecular formula is C20H21ClN4O4. The molecule has 0 fully saturated rings. The van der Waals surface area contributed by atoms with E-state index in [2.05, 4.69) is 21.2 Å². The molecule has 0 heterocycles. The number of rotatable bonds is 7. The van der Waals surface area contributed by atoms with Gasteiger partial charge in [0.25, 0.3) is 5.91 Å². The summed E-state index contributed by atoms with van der Waals surface area (Å²) < 4.78 is 5.37. The van der Waals surface area contributed by atoms with Gasteiger partial charge in [-0.2, -0.15) is 5.10 Å². The first-order valence-corrected chi connectivity index (χ1v) is 9.13. The molecule has 0 atom stereocenters. The molecule has 0 saturated heterocycles. The zero-order valence-corrected chi connectivity index (χ0v) is 16.7. The Kier molecular flexibility index (Phi) is 8.17. The Morgan fingerprint density at radius 2 is 1.69 bits per heavy atom. The molecule has 2 aromatic carbocycles. The van der Waals surface area contributed by atoms with Crippen molar-refractivity contribution in [3.05, 3.63) is 59.1 Å². The summed E-state index contributed by atoms with van der Waals surface area (Å²) in [6.45, 7) is 3.66. The molecule has 0 saturated carbocycles. The molecule has 8 nitrogen and oxygen atoms in total. The summed E-state index contributed by atoms with van der Waals surface area (Å²) in [5.74, 6) is -1.45. The van der Waals surface area contributed by atoms with Crippen molar-refractivity contribution in [2.75, 3.05) is 11.9 Å². The zero-order valence-electron chi connectivity index (χ0n) is 15.9. The Morgan fingerprint density at radius 1 is 1.03 bits per heavy atom. The van der Waals surface area contributed by atoms with E-state index < -0.39 is 11.8 Å². The van der Waals surface area contributed by atoms with Gasteiger partial charge in [0.1, 0.15) is 5.75 Å². The lowest BCUT2D eigenvalue weighted by Crippen LogP contribution is -2.34. The van der Waals surface area contributed by atoms with Crippen LogP contribution in [0.1, 0.15) is 19.4 Å². The number of carbonyl (C=O) groups excluding carboxylic acids is 3. The SMILES string of the molecule is CC(C)NC(=O)COc1ccc(/C=N/NC(=O)C(=O)Nc2ccc(Cl)cc2)cc1. The van der Waals surface area contributed by atoms with Gasteiger partial charge in [0.15, 0.2) is 6.61 Å². The molecule has 0 aliphatic rings. The summed E-state index contributed by atoms with van der Waals surface area (Å²) in [5.41, 5.74) is 3.25. The van der Waals surface area contributed by atoms with Gasteiger partial charge in [-0.05, 0) is 67.9 Å². The fourth-order valence-corrected chi connectivity index (χ4v) is 2.23. The van der Waals surface area contributed by atoms with Crippen LogP contribution in [0, 0.1) is 0 Å². The highest BCUT2D eigenvalue weighted by Crippen LogP contribution is 2.13. The van der Waals surface area contributed by atoms with Crippen LogP contribution in [0.15, 0.2) is 53.6 Å². The van der Waals surface area contributed by atoms with Crippen molar-refractivity contribution < 1.29 is 19.1 Å². The van der Waals surface area contributed by atoms with Gasteiger partial charge >= 0.3 is 11.8 Å². The second-order valence-corrected chi connectivity index (χ2v) is 6.68. The first-order chi connectivity index (χ1) is 13.8. The van der Waals surface area contributed by atoms with Crippen LogP contribution >= 0.6 is 11.6 Å². The number of nitrogens with one attached hydrogen (secondary N) is 3. The van der Waals surface area contributed by atoms with Crippen molar-refractivity contribution in [1.29, 1.82) is 0 Å². The van der Waals surface area contributed by atoms with E-state index in [0.29, 0.717) is 22.0 Å². The molecule has 2 rings (SSSR count). The molecule has 0 bridgehead atoms. The van der Waals surface area contributed by atoms with Gasteiger partial charge in [-0.25, -0.2) is 5.43 Å². The van der Waals surface area contributed by atoms with Crippen LogP contribution < -0.4 is 20.8 Å². The van der Waals surface area contributed by atoms with Crippen molar-refractivity contribution >= 4 is 41.2 Å². The fourth-order valence-electron chi connectivity index (χ4n) is 2.10. The van der Waals surface area contributed by atoms with Gasteiger partial charge in [0.05, 0.1) is 6.21 Å². The Hall–Kier alpha value is -3.39. The third kappa shape index (κ3) is 8.02. The number of benzene rings is 2. The highest BCUT2D eigenvalue weighted by atomic mass is 35.5. The normalized spacial score (nSPS) is 10.6. The number of hydrogen-bond acceptors (Lipinski definition) is 5. The summed E-state index contributed by atoms with van der Waals surface area (Å²) >= 11 is 5.76. The van der Waals surface area contributed by atoms with E-state index in [9.17, 15) is 14.4 Å². The number of carbonyl (C=O) groups is 3. The predicted octanol–water partition coefficient (Wildman–Crippen LogP) is 2.33. The van der Waals surface area contributed by atoms with Crippen molar-refractivity contribution in [3.8, 4) is 5.75 Å². The predicted molar refractivity (Wildman–Crippen MR) is 111 cm³/mol. The van der Waals surface area contributed by atoms with Crippen molar-refractivity contribution in [1.82, 2.24) is 10.7 Å². The molecule has 9 heteroatoms. The number of amides is 3. The Balaban J connectivity index is 1.79. The number of halogens is 1. The van der Waals surface area contributed by atoms with Gasteiger partial charge in [-0.3, -0.25) is 14.4 Å². The van der Waals surface area contributed by atoms with Crippen molar-refractivity contribution in [3.63, 3.8) is 0 Å². The molecule has 29 heavy (non-hydrogen) atoms. The second-order valence-electron chi connectivity index (χ2n) is 6.24. The van der Waals surface area contributed by atoms with Crippen molar-refractivity contribution in [2.45, 2.75) is 19.9 Å². The standard InChI is InChI=1S/C20H21ClN4O4/c1-13(2)23-18(26)12-29-17-9-3-14(4-10-17)11-22-25-20(28)19(27)24-16-7-5-15(21)6-8-16/h3-11,13H,12H2,1-2H3,(H,23,26)(H,24,27)(H,25,28)/b22-11+. The maximum atomic E-state index is 11.8. The van der Waals surface area contributed by atoms with Crippen LogP contribution in [0.4, 0.5) is 5.69 Å². The molecule has 0 aliphatic heterocycles. The molecule has 0 spiro atoms. The van der Waals surface area contributed by atoms with E-state index in [1.165, 1.54) is 6.21 Å². The maximum absolute atomic E-state index is 11.8. The highest BCUT2D eigenvalue weighted by Gasteiger charge is 2.12. The van der Waals surface area contributed by atoms with Crippen molar-refractivity contribution in [2.24, 2.45) is 5.10 Å². The lowest BCUT2D eigenvalue weighted by Gasteiger charge is -2.09. The van der Waals surface area contributed by atoms with E-state index in [0.717, 1.165) is 0 Å². The Morgan fingerprint density at radius 3 is 2.31 bits per heavy atom. The molecule has 3 amide bonds. The average molecular weight is 417 g/mol. The molecule has 0 radical (unpaired) electrons. The summed E-state index contributed by atoms with van der Waals surface area (Å²) in [4.78, 5) is 35.1. The molecule has 152 valence electrons. The minimum atomic E-state index is -0.910. The largest absolute Gasteiger partial charge is 0.484 e. The zero-order chi connectivity index (χ0) is 21.2. The van der Waals surface area contributed by atoms with Crippen LogP contribution in [-0.2, 0) is 14.4 Å². The lowest BCUT2D eigenvalue weighted by atomic mass is 10.2.